The van der Waals surface area contributed by atoms with Gasteiger partial charge in [-0.05, 0) is 69.2 Å². The molecule has 1 heterocycles. The first kappa shape index (κ1) is 21.2. The largest absolute Gasteiger partial charge is 0.491 e. The van der Waals surface area contributed by atoms with Gasteiger partial charge in [0.05, 0.1) is 17.1 Å². The molecule has 1 aliphatic rings. The number of H-pyrrole nitrogens is 1. The van der Waals surface area contributed by atoms with Crippen molar-refractivity contribution >= 4 is 38.3 Å². The number of hydrogen-bond acceptors (Lipinski definition) is 5. The molecule has 0 saturated heterocycles. The van der Waals surface area contributed by atoms with Crippen LogP contribution in [0.25, 0.3) is 11.0 Å². The first-order valence-corrected chi connectivity index (χ1v) is 12.0. The lowest BCUT2D eigenvalue weighted by Crippen LogP contribution is -2.27. The molecule has 1 aromatic heterocycles. The summed E-state index contributed by atoms with van der Waals surface area (Å²) in [6.45, 7) is 3.82. The van der Waals surface area contributed by atoms with Gasteiger partial charge >= 0.3 is 0 Å². The highest BCUT2D eigenvalue weighted by molar-refractivity contribution is 7.93. The molecule has 2 aromatic carbocycles. The maximum Gasteiger partial charge on any atom is 0.241 e. The van der Waals surface area contributed by atoms with Crippen LogP contribution in [0.15, 0.2) is 42.5 Å². The molecule has 31 heavy (non-hydrogen) atoms. The maximum absolute atomic E-state index is 12.4. The first-order valence-electron chi connectivity index (χ1n) is 10.3. The van der Waals surface area contributed by atoms with Crippen LogP contribution in [0.1, 0.15) is 44.9 Å². The number of carbonyl (C=O) groups excluding carboxylic acids is 1. The fourth-order valence-electron chi connectivity index (χ4n) is 3.44. The second-order valence-corrected chi connectivity index (χ2v) is 9.80. The minimum absolute atomic E-state index is 0.0250. The number of anilines is 2. The smallest absolute Gasteiger partial charge is 0.241 e. The molecule has 3 aromatic rings. The number of rotatable bonds is 8. The average Bonchev–Trinajstić information content (AvgIpc) is 3.03. The van der Waals surface area contributed by atoms with E-state index in [2.05, 4.69) is 20.0 Å². The SMILES string of the molecule is CC(C)Oc1ccc(NS(=O)(=O)CC(=O)Nc2ccc3nc(C4CCC4)[nH]c3c2)cc1. The third kappa shape index (κ3) is 5.35. The Labute approximate surface area is 181 Å². The van der Waals surface area contributed by atoms with Gasteiger partial charge in [0.2, 0.25) is 15.9 Å². The summed E-state index contributed by atoms with van der Waals surface area (Å²) >= 11 is 0. The van der Waals surface area contributed by atoms with Crippen molar-refractivity contribution in [2.45, 2.75) is 45.1 Å². The summed E-state index contributed by atoms with van der Waals surface area (Å²) in [4.78, 5) is 20.2. The number of aromatic nitrogens is 2. The molecule has 1 fully saturated rings. The van der Waals surface area contributed by atoms with Gasteiger partial charge in [0.25, 0.3) is 0 Å². The summed E-state index contributed by atoms with van der Waals surface area (Å²) in [6, 6.07) is 11.9. The molecule has 0 unspecified atom stereocenters. The van der Waals surface area contributed by atoms with Crippen molar-refractivity contribution in [3.63, 3.8) is 0 Å². The summed E-state index contributed by atoms with van der Waals surface area (Å²) in [6.07, 6.45) is 3.53. The van der Waals surface area contributed by atoms with Crippen molar-refractivity contribution in [2.24, 2.45) is 0 Å². The van der Waals surface area contributed by atoms with Crippen molar-refractivity contribution < 1.29 is 17.9 Å². The highest BCUT2D eigenvalue weighted by Gasteiger charge is 2.23. The summed E-state index contributed by atoms with van der Waals surface area (Å²) < 4.78 is 32.7. The summed E-state index contributed by atoms with van der Waals surface area (Å²) in [5, 5.41) is 2.65. The van der Waals surface area contributed by atoms with Crippen molar-refractivity contribution in [1.29, 1.82) is 0 Å². The maximum atomic E-state index is 12.4. The van der Waals surface area contributed by atoms with E-state index in [1.165, 1.54) is 6.42 Å². The summed E-state index contributed by atoms with van der Waals surface area (Å²) in [5.41, 5.74) is 2.54. The number of sulfonamides is 1. The zero-order valence-corrected chi connectivity index (χ0v) is 18.3. The Hall–Kier alpha value is -3.07. The summed E-state index contributed by atoms with van der Waals surface area (Å²) in [5.74, 6) is 0.788. The highest BCUT2D eigenvalue weighted by atomic mass is 32.2. The molecule has 1 aliphatic carbocycles. The van der Waals surface area contributed by atoms with Crippen LogP contribution in [-0.4, -0.2) is 36.1 Å². The lowest BCUT2D eigenvalue weighted by atomic mass is 9.85. The fourth-order valence-corrected chi connectivity index (χ4v) is 4.43. The van der Waals surface area contributed by atoms with Crippen LogP contribution >= 0.6 is 0 Å². The van der Waals surface area contributed by atoms with Crippen LogP contribution in [0.5, 0.6) is 5.75 Å². The molecule has 1 amide bonds. The number of ether oxygens (including phenoxy) is 1. The van der Waals surface area contributed by atoms with Crippen LogP contribution in [-0.2, 0) is 14.8 Å². The van der Waals surface area contributed by atoms with Gasteiger partial charge in [0, 0.05) is 17.3 Å². The van der Waals surface area contributed by atoms with E-state index in [0.717, 1.165) is 29.7 Å². The minimum Gasteiger partial charge on any atom is -0.491 e. The second-order valence-electron chi connectivity index (χ2n) is 8.08. The third-order valence-electron chi connectivity index (χ3n) is 5.10. The molecule has 0 radical (unpaired) electrons. The average molecular weight is 443 g/mol. The van der Waals surface area contributed by atoms with E-state index in [1.807, 2.05) is 19.9 Å². The number of hydrogen-bond donors (Lipinski definition) is 3. The van der Waals surface area contributed by atoms with Gasteiger partial charge in [-0.1, -0.05) is 6.42 Å². The molecule has 0 spiro atoms. The number of imidazole rings is 1. The number of nitrogens with zero attached hydrogens (tertiary/aromatic N) is 1. The molecule has 0 aliphatic heterocycles. The Morgan fingerprint density at radius 1 is 1.16 bits per heavy atom. The number of carbonyl (C=O) groups is 1. The van der Waals surface area contributed by atoms with Gasteiger partial charge in [-0.25, -0.2) is 13.4 Å². The molecule has 1 saturated carbocycles. The van der Waals surface area contributed by atoms with Gasteiger partial charge < -0.3 is 15.0 Å². The standard InChI is InChI=1S/C22H26N4O4S/c1-14(2)30-18-9-6-16(7-10-18)26-31(28,29)13-21(27)23-17-8-11-19-20(12-17)25-22(24-19)15-4-3-5-15/h6-12,14-15,26H,3-5,13H2,1-2H3,(H,23,27)(H,24,25). The van der Waals surface area contributed by atoms with Crippen molar-refractivity contribution in [2.75, 3.05) is 15.8 Å². The third-order valence-corrected chi connectivity index (χ3v) is 6.29. The Morgan fingerprint density at radius 2 is 1.87 bits per heavy atom. The Balaban J connectivity index is 1.36. The normalized spacial score (nSPS) is 14.4. The van der Waals surface area contributed by atoms with E-state index in [-0.39, 0.29) is 6.10 Å². The van der Waals surface area contributed by atoms with E-state index in [9.17, 15) is 13.2 Å². The zero-order chi connectivity index (χ0) is 22.0. The minimum atomic E-state index is -3.86. The molecular weight excluding hydrogens is 416 g/mol. The lowest BCUT2D eigenvalue weighted by molar-refractivity contribution is -0.113. The van der Waals surface area contributed by atoms with E-state index < -0.39 is 21.7 Å². The Kier molecular flexibility index (Phi) is 5.86. The van der Waals surface area contributed by atoms with Crippen LogP contribution in [0.4, 0.5) is 11.4 Å². The van der Waals surface area contributed by atoms with Gasteiger partial charge in [-0.3, -0.25) is 9.52 Å². The van der Waals surface area contributed by atoms with Gasteiger partial charge in [0.15, 0.2) is 0 Å². The molecule has 164 valence electrons. The monoisotopic (exact) mass is 442 g/mol. The van der Waals surface area contributed by atoms with Crippen molar-refractivity contribution in [3.8, 4) is 5.75 Å². The predicted molar refractivity (Wildman–Crippen MR) is 121 cm³/mol. The number of nitrogens with one attached hydrogen (secondary N) is 3. The van der Waals surface area contributed by atoms with Crippen molar-refractivity contribution in [3.05, 3.63) is 48.3 Å². The first-order chi connectivity index (χ1) is 14.8. The van der Waals surface area contributed by atoms with Crippen LogP contribution in [0, 0.1) is 0 Å². The number of fused-ring (bicyclic) bond motifs is 1. The van der Waals surface area contributed by atoms with Gasteiger partial charge in [-0.2, -0.15) is 0 Å². The van der Waals surface area contributed by atoms with Crippen LogP contribution in [0.2, 0.25) is 0 Å². The topological polar surface area (TPSA) is 113 Å². The lowest BCUT2D eigenvalue weighted by Gasteiger charge is -2.22. The number of aromatic amines is 1. The van der Waals surface area contributed by atoms with E-state index in [0.29, 0.717) is 23.0 Å². The highest BCUT2D eigenvalue weighted by Crippen LogP contribution is 2.35. The van der Waals surface area contributed by atoms with Crippen LogP contribution in [0.3, 0.4) is 0 Å². The van der Waals surface area contributed by atoms with E-state index in [4.69, 9.17) is 4.74 Å². The number of benzene rings is 2. The molecule has 8 nitrogen and oxygen atoms in total. The molecule has 9 heteroatoms. The Morgan fingerprint density at radius 3 is 2.52 bits per heavy atom. The quantitative estimate of drug-likeness (QED) is 0.488. The zero-order valence-electron chi connectivity index (χ0n) is 17.5. The van der Waals surface area contributed by atoms with Gasteiger partial charge in [0.1, 0.15) is 17.3 Å². The van der Waals surface area contributed by atoms with Crippen molar-refractivity contribution in [1.82, 2.24) is 9.97 Å². The van der Waals surface area contributed by atoms with E-state index >= 15 is 0 Å². The predicted octanol–water partition coefficient (Wildman–Crippen LogP) is 4.00. The molecule has 4 rings (SSSR count). The Bertz CT molecular complexity index is 1180. The fraction of sp³-hybridized carbons (Fsp3) is 0.364. The molecule has 0 atom stereocenters. The molecule has 0 bridgehead atoms. The second kappa shape index (κ2) is 8.58. The molecule has 3 N–H and O–H groups in total. The summed E-state index contributed by atoms with van der Waals surface area (Å²) in [7, 11) is -3.86. The molecular formula is C22H26N4O4S. The van der Waals surface area contributed by atoms with Gasteiger partial charge in [-0.15, -0.1) is 0 Å². The number of amides is 1. The van der Waals surface area contributed by atoms with Crippen LogP contribution < -0.4 is 14.8 Å². The van der Waals surface area contributed by atoms with E-state index in [1.54, 1.807) is 36.4 Å².